The molecule has 0 saturated carbocycles. The van der Waals surface area contributed by atoms with Crippen LogP contribution in [0, 0.1) is 5.92 Å². The summed E-state index contributed by atoms with van der Waals surface area (Å²) in [5.74, 6) is 0.545. The summed E-state index contributed by atoms with van der Waals surface area (Å²) in [6.45, 7) is 2.86. The minimum absolute atomic E-state index is 0.0122. The molecule has 1 aromatic carbocycles. The molecule has 0 aliphatic carbocycles. The number of aromatic nitrogens is 1. The third-order valence-electron chi connectivity index (χ3n) is 3.72. The molecular formula is C15H19N3O. The molecule has 1 fully saturated rings. The first-order chi connectivity index (χ1) is 9.33. The number of carbonyl (C=O) groups is 1. The van der Waals surface area contributed by atoms with Crippen LogP contribution in [0.5, 0.6) is 0 Å². The Kier molecular flexibility index (Phi) is 3.51. The zero-order valence-electron chi connectivity index (χ0n) is 10.9. The maximum atomic E-state index is 12.1. The van der Waals surface area contributed by atoms with Crippen LogP contribution in [0.2, 0.25) is 0 Å². The van der Waals surface area contributed by atoms with Crippen molar-refractivity contribution in [1.82, 2.24) is 15.6 Å². The summed E-state index contributed by atoms with van der Waals surface area (Å²) < 4.78 is 0. The fourth-order valence-corrected chi connectivity index (χ4v) is 2.63. The number of H-pyrrole nitrogens is 1. The first-order valence-electron chi connectivity index (χ1n) is 6.89. The van der Waals surface area contributed by atoms with Crippen molar-refractivity contribution < 1.29 is 4.79 Å². The van der Waals surface area contributed by atoms with Crippen LogP contribution in [-0.4, -0.2) is 30.5 Å². The van der Waals surface area contributed by atoms with E-state index in [2.05, 4.69) is 15.6 Å². The van der Waals surface area contributed by atoms with Gasteiger partial charge in [-0.15, -0.1) is 0 Å². The van der Waals surface area contributed by atoms with E-state index in [9.17, 15) is 4.79 Å². The van der Waals surface area contributed by atoms with E-state index in [0.717, 1.165) is 30.5 Å². The van der Waals surface area contributed by atoms with Gasteiger partial charge in [0.25, 0.3) is 5.91 Å². The average Bonchev–Trinajstić information content (AvgIpc) is 2.90. The van der Waals surface area contributed by atoms with E-state index < -0.39 is 0 Å². The molecule has 1 atom stereocenters. The highest BCUT2D eigenvalue weighted by Gasteiger charge is 2.15. The van der Waals surface area contributed by atoms with Gasteiger partial charge in [-0.3, -0.25) is 4.79 Å². The fourth-order valence-electron chi connectivity index (χ4n) is 2.63. The number of rotatable bonds is 3. The van der Waals surface area contributed by atoms with Crippen LogP contribution in [0.25, 0.3) is 10.9 Å². The maximum Gasteiger partial charge on any atom is 0.267 e. The van der Waals surface area contributed by atoms with Crippen molar-refractivity contribution in [3.8, 4) is 0 Å². The van der Waals surface area contributed by atoms with E-state index in [1.165, 1.54) is 12.8 Å². The van der Waals surface area contributed by atoms with Gasteiger partial charge in [0.2, 0.25) is 0 Å². The lowest BCUT2D eigenvalue weighted by Gasteiger charge is -2.22. The second-order valence-corrected chi connectivity index (χ2v) is 5.19. The summed E-state index contributed by atoms with van der Waals surface area (Å²) in [6, 6.07) is 9.84. The molecule has 1 saturated heterocycles. The zero-order chi connectivity index (χ0) is 13.1. The molecule has 0 radical (unpaired) electrons. The van der Waals surface area contributed by atoms with E-state index in [1.54, 1.807) is 0 Å². The Bertz CT molecular complexity index is 537. The SMILES string of the molecule is O=C(NCC1CCCNC1)c1cc2ccccc2[nH]1. The molecule has 0 spiro atoms. The quantitative estimate of drug-likeness (QED) is 0.786. The molecule has 4 nitrogen and oxygen atoms in total. The molecule has 1 amide bonds. The highest BCUT2D eigenvalue weighted by atomic mass is 16.1. The summed E-state index contributed by atoms with van der Waals surface area (Å²) in [5.41, 5.74) is 1.65. The minimum atomic E-state index is -0.0122. The predicted octanol–water partition coefficient (Wildman–Crippen LogP) is 1.90. The van der Waals surface area contributed by atoms with Crippen LogP contribution >= 0.6 is 0 Å². The number of para-hydroxylation sites is 1. The second-order valence-electron chi connectivity index (χ2n) is 5.19. The molecule has 1 aromatic heterocycles. The summed E-state index contributed by atoms with van der Waals surface area (Å²) in [7, 11) is 0. The summed E-state index contributed by atoms with van der Waals surface area (Å²) in [6.07, 6.45) is 2.40. The highest BCUT2D eigenvalue weighted by molar-refractivity contribution is 5.97. The summed E-state index contributed by atoms with van der Waals surface area (Å²) in [5, 5.41) is 7.46. The van der Waals surface area contributed by atoms with Crippen molar-refractivity contribution >= 4 is 16.8 Å². The predicted molar refractivity (Wildman–Crippen MR) is 76.2 cm³/mol. The molecule has 3 N–H and O–H groups in total. The lowest BCUT2D eigenvalue weighted by molar-refractivity contribution is 0.0940. The van der Waals surface area contributed by atoms with Gasteiger partial charge in [-0.1, -0.05) is 18.2 Å². The van der Waals surface area contributed by atoms with Crippen molar-refractivity contribution in [2.45, 2.75) is 12.8 Å². The molecule has 1 aliphatic heterocycles. The van der Waals surface area contributed by atoms with Crippen molar-refractivity contribution in [3.63, 3.8) is 0 Å². The third-order valence-corrected chi connectivity index (χ3v) is 3.72. The van der Waals surface area contributed by atoms with Gasteiger partial charge in [0.05, 0.1) is 0 Å². The standard InChI is InChI=1S/C15H19N3O/c19-15(17-10-11-4-3-7-16-9-11)14-8-12-5-1-2-6-13(12)18-14/h1-2,5-6,8,11,16,18H,3-4,7,9-10H2,(H,17,19). The van der Waals surface area contributed by atoms with E-state index in [4.69, 9.17) is 0 Å². The zero-order valence-corrected chi connectivity index (χ0v) is 10.9. The van der Waals surface area contributed by atoms with Crippen molar-refractivity contribution in [1.29, 1.82) is 0 Å². The third kappa shape index (κ3) is 2.79. The Labute approximate surface area is 112 Å². The molecular weight excluding hydrogens is 238 g/mol. The summed E-state index contributed by atoms with van der Waals surface area (Å²) >= 11 is 0. The van der Waals surface area contributed by atoms with Gasteiger partial charge < -0.3 is 15.6 Å². The number of nitrogens with one attached hydrogen (secondary N) is 3. The molecule has 2 aromatic rings. The van der Waals surface area contributed by atoms with Crippen molar-refractivity contribution in [2.24, 2.45) is 5.92 Å². The number of fused-ring (bicyclic) bond motifs is 1. The van der Waals surface area contributed by atoms with Crippen LogP contribution in [0.4, 0.5) is 0 Å². The number of piperidine rings is 1. The molecule has 100 valence electrons. The fraction of sp³-hybridized carbons (Fsp3) is 0.400. The van der Waals surface area contributed by atoms with E-state index in [1.807, 2.05) is 30.3 Å². The molecule has 1 aliphatic rings. The molecule has 4 heteroatoms. The number of hydrogen-bond acceptors (Lipinski definition) is 2. The van der Waals surface area contributed by atoms with Gasteiger partial charge in [-0.2, -0.15) is 0 Å². The van der Waals surface area contributed by atoms with Gasteiger partial charge >= 0.3 is 0 Å². The number of aromatic amines is 1. The van der Waals surface area contributed by atoms with E-state index in [-0.39, 0.29) is 5.91 Å². The van der Waals surface area contributed by atoms with Crippen LogP contribution in [-0.2, 0) is 0 Å². The van der Waals surface area contributed by atoms with E-state index in [0.29, 0.717) is 11.6 Å². The number of carbonyl (C=O) groups excluding carboxylic acids is 1. The Morgan fingerprint density at radius 1 is 1.37 bits per heavy atom. The molecule has 2 heterocycles. The Morgan fingerprint density at radius 2 is 2.26 bits per heavy atom. The van der Waals surface area contributed by atoms with Gasteiger partial charge in [0.15, 0.2) is 0 Å². The van der Waals surface area contributed by atoms with Crippen LogP contribution in [0.1, 0.15) is 23.3 Å². The van der Waals surface area contributed by atoms with Crippen molar-refractivity contribution in [3.05, 3.63) is 36.0 Å². The van der Waals surface area contributed by atoms with Crippen LogP contribution in [0.3, 0.4) is 0 Å². The lowest BCUT2D eigenvalue weighted by atomic mass is 10.00. The van der Waals surface area contributed by atoms with Crippen LogP contribution in [0.15, 0.2) is 30.3 Å². The normalized spacial score (nSPS) is 19.5. The largest absolute Gasteiger partial charge is 0.351 e. The monoisotopic (exact) mass is 257 g/mol. The smallest absolute Gasteiger partial charge is 0.267 e. The Morgan fingerprint density at radius 3 is 3.05 bits per heavy atom. The first kappa shape index (κ1) is 12.2. The lowest BCUT2D eigenvalue weighted by Crippen LogP contribution is -2.38. The van der Waals surface area contributed by atoms with Crippen LogP contribution < -0.4 is 10.6 Å². The summed E-state index contributed by atoms with van der Waals surface area (Å²) in [4.78, 5) is 15.2. The molecule has 0 bridgehead atoms. The number of benzene rings is 1. The number of amides is 1. The Balaban J connectivity index is 1.63. The maximum absolute atomic E-state index is 12.1. The minimum Gasteiger partial charge on any atom is -0.351 e. The van der Waals surface area contributed by atoms with Gasteiger partial charge in [-0.25, -0.2) is 0 Å². The topological polar surface area (TPSA) is 56.9 Å². The van der Waals surface area contributed by atoms with E-state index >= 15 is 0 Å². The second kappa shape index (κ2) is 5.45. The molecule has 1 unspecified atom stereocenters. The number of hydrogen-bond donors (Lipinski definition) is 3. The molecule has 19 heavy (non-hydrogen) atoms. The highest BCUT2D eigenvalue weighted by Crippen LogP contribution is 2.15. The molecule has 3 rings (SSSR count). The Hall–Kier alpha value is -1.81. The van der Waals surface area contributed by atoms with Gasteiger partial charge in [0, 0.05) is 17.4 Å². The average molecular weight is 257 g/mol. The first-order valence-corrected chi connectivity index (χ1v) is 6.89. The van der Waals surface area contributed by atoms with Crippen molar-refractivity contribution in [2.75, 3.05) is 19.6 Å². The van der Waals surface area contributed by atoms with Gasteiger partial charge in [0.1, 0.15) is 5.69 Å². The van der Waals surface area contributed by atoms with Gasteiger partial charge in [-0.05, 0) is 44.0 Å².